The lowest BCUT2D eigenvalue weighted by atomic mass is 10.1. The molecule has 1 amide bonds. The number of anilines is 1. The topological polar surface area (TPSA) is 75.6 Å². The molecule has 0 spiro atoms. The molecule has 2 N–H and O–H groups in total. The van der Waals surface area contributed by atoms with Crippen molar-refractivity contribution in [2.75, 3.05) is 5.32 Å². The Morgan fingerprint density at radius 2 is 2.23 bits per heavy atom. The molecule has 3 aromatic rings. The van der Waals surface area contributed by atoms with E-state index in [2.05, 4.69) is 20.5 Å². The van der Waals surface area contributed by atoms with Crippen LogP contribution in [0.4, 0.5) is 5.13 Å². The van der Waals surface area contributed by atoms with Crippen LogP contribution < -0.4 is 5.32 Å². The van der Waals surface area contributed by atoms with Crippen molar-refractivity contribution in [2.24, 2.45) is 7.05 Å². The molecule has 0 aliphatic carbocycles. The van der Waals surface area contributed by atoms with Crippen molar-refractivity contribution in [2.45, 2.75) is 19.3 Å². The second-order valence-corrected chi connectivity index (χ2v) is 7.70. The molecule has 2 heterocycles. The number of hydrogen-bond acceptors (Lipinski definition) is 5. The summed E-state index contributed by atoms with van der Waals surface area (Å²) in [6.07, 6.45) is 1.38. The fourth-order valence-corrected chi connectivity index (χ4v) is 3.68. The molecule has 3 rings (SSSR count). The number of amides is 1. The van der Waals surface area contributed by atoms with E-state index < -0.39 is 0 Å². The molecule has 0 aliphatic heterocycles. The average Bonchev–Trinajstić information content (AvgIpc) is 3.16. The monoisotopic (exact) mass is 427 g/mol. The lowest BCUT2D eigenvalue weighted by molar-refractivity contribution is -0.116. The van der Waals surface area contributed by atoms with Gasteiger partial charge in [0.1, 0.15) is 5.82 Å². The summed E-state index contributed by atoms with van der Waals surface area (Å²) in [6.45, 7) is 0. The highest BCUT2D eigenvalue weighted by atomic mass is 35.5. The molecule has 26 heavy (non-hydrogen) atoms. The molecule has 2 aromatic heterocycles. The number of nitrogens with one attached hydrogen (secondary N) is 2. The van der Waals surface area contributed by atoms with Gasteiger partial charge >= 0.3 is 0 Å². The zero-order valence-corrected chi connectivity index (χ0v) is 16.9. The first kappa shape index (κ1) is 19.0. The summed E-state index contributed by atoms with van der Waals surface area (Å²) in [5.74, 6) is 0.672. The van der Waals surface area contributed by atoms with E-state index in [1.807, 2.05) is 18.5 Å². The van der Waals surface area contributed by atoms with E-state index in [4.69, 9.17) is 35.4 Å². The number of aromatic nitrogens is 4. The molecule has 0 fully saturated rings. The number of thiazole rings is 1. The van der Waals surface area contributed by atoms with Crippen molar-refractivity contribution < 1.29 is 4.79 Å². The minimum Gasteiger partial charge on any atom is -0.307 e. The van der Waals surface area contributed by atoms with Crippen LogP contribution in [-0.2, 0) is 24.7 Å². The molecular weight excluding hydrogens is 413 g/mol. The molecule has 6 nitrogen and oxygen atoms in total. The van der Waals surface area contributed by atoms with Gasteiger partial charge in [-0.2, -0.15) is 5.10 Å². The van der Waals surface area contributed by atoms with Crippen molar-refractivity contribution in [3.8, 4) is 0 Å². The summed E-state index contributed by atoms with van der Waals surface area (Å²) in [5, 5.41) is 13.3. The molecule has 10 heteroatoms. The maximum Gasteiger partial charge on any atom is 0.226 e. The Morgan fingerprint density at radius 3 is 2.92 bits per heavy atom. The zero-order valence-electron chi connectivity index (χ0n) is 13.8. The number of rotatable bonds is 6. The predicted molar refractivity (Wildman–Crippen MR) is 107 cm³/mol. The van der Waals surface area contributed by atoms with E-state index in [0.29, 0.717) is 39.2 Å². The molecule has 0 saturated heterocycles. The van der Waals surface area contributed by atoms with Gasteiger partial charge in [-0.25, -0.2) is 4.98 Å². The van der Waals surface area contributed by atoms with Gasteiger partial charge in [0, 0.05) is 28.9 Å². The maximum absolute atomic E-state index is 12.1. The maximum atomic E-state index is 12.1. The highest BCUT2D eigenvalue weighted by Gasteiger charge is 2.11. The van der Waals surface area contributed by atoms with Crippen LogP contribution in [0, 0.1) is 4.77 Å². The van der Waals surface area contributed by atoms with Crippen molar-refractivity contribution in [1.29, 1.82) is 0 Å². The zero-order chi connectivity index (χ0) is 18.7. The Bertz CT molecular complexity index is 995. The number of halogens is 2. The van der Waals surface area contributed by atoms with Crippen LogP contribution in [0.5, 0.6) is 0 Å². The first-order valence-electron chi connectivity index (χ1n) is 7.71. The standard InChI is InChI=1S/C16H15Cl2N5OS2/c1-23-13(21-22-16(23)25)7-11-8-26-15(19-11)20-14(24)5-3-9-2-4-10(17)6-12(9)18/h2,4,6,8H,3,5,7H2,1H3,(H,22,25)(H,19,20,24). The SMILES string of the molecule is Cn1c(Cc2csc(NC(=O)CCc3ccc(Cl)cc3Cl)n2)n[nH]c1=S. The summed E-state index contributed by atoms with van der Waals surface area (Å²) < 4.78 is 2.35. The number of aromatic amines is 1. The molecular formula is C16H15Cl2N5OS2. The quantitative estimate of drug-likeness (QED) is 0.571. The van der Waals surface area contributed by atoms with E-state index in [0.717, 1.165) is 17.1 Å². The van der Waals surface area contributed by atoms with E-state index in [-0.39, 0.29) is 5.91 Å². The molecule has 0 atom stereocenters. The van der Waals surface area contributed by atoms with Crippen LogP contribution in [-0.4, -0.2) is 25.7 Å². The minimum atomic E-state index is -0.116. The second-order valence-electron chi connectivity index (χ2n) is 5.61. The van der Waals surface area contributed by atoms with Gasteiger partial charge in [-0.05, 0) is 36.3 Å². The van der Waals surface area contributed by atoms with Crippen molar-refractivity contribution in [1.82, 2.24) is 19.7 Å². The number of benzene rings is 1. The molecule has 0 aliphatic rings. The summed E-state index contributed by atoms with van der Waals surface area (Å²) in [4.78, 5) is 16.6. The summed E-state index contributed by atoms with van der Waals surface area (Å²) >= 11 is 18.5. The number of nitrogens with zero attached hydrogens (tertiary/aromatic N) is 3. The molecule has 0 unspecified atom stereocenters. The number of aryl methyl sites for hydroxylation is 1. The normalized spacial score (nSPS) is 10.9. The second kappa shape index (κ2) is 8.30. The van der Waals surface area contributed by atoms with Crippen molar-refractivity contribution in [3.63, 3.8) is 0 Å². The van der Waals surface area contributed by atoms with Gasteiger partial charge < -0.3 is 9.88 Å². The van der Waals surface area contributed by atoms with Gasteiger partial charge in [0.15, 0.2) is 9.90 Å². The van der Waals surface area contributed by atoms with E-state index in [1.165, 1.54) is 11.3 Å². The first-order chi connectivity index (χ1) is 12.4. The molecule has 1 aromatic carbocycles. The third-order valence-corrected chi connectivity index (χ3v) is 5.50. The van der Waals surface area contributed by atoms with Crippen LogP contribution in [0.25, 0.3) is 0 Å². The average molecular weight is 428 g/mol. The Kier molecular flexibility index (Phi) is 6.08. The summed E-state index contributed by atoms with van der Waals surface area (Å²) in [5.41, 5.74) is 1.71. The van der Waals surface area contributed by atoms with Gasteiger partial charge in [-0.3, -0.25) is 9.89 Å². The van der Waals surface area contributed by atoms with E-state index in [1.54, 1.807) is 16.7 Å². The first-order valence-corrected chi connectivity index (χ1v) is 9.75. The number of H-pyrrole nitrogens is 1. The Balaban J connectivity index is 1.55. The Labute approximate surface area is 169 Å². The third kappa shape index (κ3) is 4.70. The van der Waals surface area contributed by atoms with E-state index >= 15 is 0 Å². The molecule has 0 radical (unpaired) electrons. The Morgan fingerprint density at radius 1 is 1.42 bits per heavy atom. The van der Waals surface area contributed by atoms with E-state index in [9.17, 15) is 4.79 Å². The van der Waals surface area contributed by atoms with Crippen LogP contribution in [0.3, 0.4) is 0 Å². The Hall–Kier alpha value is -1.74. The molecule has 136 valence electrons. The lowest BCUT2D eigenvalue weighted by Crippen LogP contribution is -2.12. The predicted octanol–water partition coefficient (Wildman–Crippen LogP) is 4.40. The van der Waals surface area contributed by atoms with Gasteiger partial charge in [-0.15, -0.1) is 11.3 Å². The van der Waals surface area contributed by atoms with Crippen LogP contribution in [0.2, 0.25) is 10.0 Å². The number of carbonyl (C=O) groups excluding carboxylic acids is 1. The summed E-state index contributed by atoms with van der Waals surface area (Å²) in [7, 11) is 1.85. The fourth-order valence-electron chi connectivity index (χ4n) is 2.30. The van der Waals surface area contributed by atoms with Crippen molar-refractivity contribution >= 4 is 57.8 Å². The van der Waals surface area contributed by atoms with Crippen molar-refractivity contribution in [3.05, 3.63) is 55.5 Å². The van der Waals surface area contributed by atoms with Crippen LogP contribution >= 0.6 is 46.8 Å². The third-order valence-electron chi connectivity index (χ3n) is 3.75. The highest BCUT2D eigenvalue weighted by molar-refractivity contribution is 7.71. The van der Waals surface area contributed by atoms with Gasteiger partial charge in [-0.1, -0.05) is 29.3 Å². The molecule has 0 bridgehead atoms. The van der Waals surface area contributed by atoms with Crippen LogP contribution in [0.1, 0.15) is 23.5 Å². The van der Waals surface area contributed by atoms with Gasteiger partial charge in [0.05, 0.1) is 12.1 Å². The minimum absolute atomic E-state index is 0.116. The lowest BCUT2D eigenvalue weighted by Gasteiger charge is -2.05. The van der Waals surface area contributed by atoms with Gasteiger partial charge in [0.2, 0.25) is 5.91 Å². The largest absolute Gasteiger partial charge is 0.307 e. The fraction of sp³-hybridized carbons (Fsp3) is 0.250. The van der Waals surface area contributed by atoms with Crippen LogP contribution in [0.15, 0.2) is 23.6 Å². The number of hydrogen-bond donors (Lipinski definition) is 2. The summed E-state index contributed by atoms with van der Waals surface area (Å²) in [6, 6.07) is 5.26. The smallest absolute Gasteiger partial charge is 0.226 e. The molecule has 0 saturated carbocycles. The van der Waals surface area contributed by atoms with Gasteiger partial charge in [0.25, 0.3) is 0 Å². The number of carbonyl (C=O) groups is 1. The highest BCUT2D eigenvalue weighted by Crippen LogP contribution is 2.23.